The molecule has 0 radical (unpaired) electrons. The molecular formula is C5H9NO2. The minimum Gasteiger partial charge on any atom is -0.252 e. The van der Waals surface area contributed by atoms with Gasteiger partial charge in [0.1, 0.15) is 6.61 Å². The maximum Gasteiger partial charge on any atom is 0.100 e. The fourth-order valence-corrected chi connectivity index (χ4v) is 0.194. The summed E-state index contributed by atoms with van der Waals surface area (Å²) in [6, 6.07) is 1.96. The summed E-state index contributed by atoms with van der Waals surface area (Å²) >= 11 is 0. The lowest BCUT2D eigenvalue weighted by Gasteiger charge is -2.09. The lowest BCUT2D eigenvalue weighted by Crippen LogP contribution is -2.15. The monoisotopic (exact) mass is 115 g/mol. The van der Waals surface area contributed by atoms with Gasteiger partial charge in [-0.1, -0.05) is 0 Å². The number of rotatable bonds is 2. The summed E-state index contributed by atoms with van der Waals surface area (Å²) in [5.41, 5.74) is -0.575. The third-order valence-electron chi connectivity index (χ3n) is 0.728. The van der Waals surface area contributed by atoms with Crippen molar-refractivity contribution in [1.82, 2.24) is 0 Å². The van der Waals surface area contributed by atoms with Gasteiger partial charge in [-0.3, -0.25) is 5.26 Å². The Balaban J connectivity index is 3.59. The van der Waals surface area contributed by atoms with E-state index < -0.39 is 5.41 Å². The fourth-order valence-electron chi connectivity index (χ4n) is 0.194. The summed E-state index contributed by atoms with van der Waals surface area (Å²) < 4.78 is 0. The van der Waals surface area contributed by atoms with Crippen LogP contribution in [-0.2, 0) is 4.89 Å². The molecule has 3 nitrogen and oxygen atoms in total. The van der Waals surface area contributed by atoms with E-state index >= 15 is 0 Å². The Kier molecular flexibility index (Phi) is 2.46. The molecule has 0 aromatic heterocycles. The Hall–Kier alpha value is -0.590. The minimum absolute atomic E-state index is 0.0590. The first kappa shape index (κ1) is 7.41. The molecule has 0 aliphatic carbocycles. The first-order valence-corrected chi connectivity index (χ1v) is 2.30. The van der Waals surface area contributed by atoms with Crippen LogP contribution in [0.25, 0.3) is 0 Å². The van der Waals surface area contributed by atoms with E-state index in [2.05, 4.69) is 4.89 Å². The van der Waals surface area contributed by atoms with Crippen LogP contribution >= 0.6 is 0 Å². The number of hydrogen-bond donors (Lipinski definition) is 1. The van der Waals surface area contributed by atoms with Crippen LogP contribution in [0.2, 0.25) is 0 Å². The molecule has 0 spiro atoms. The second-order valence-electron chi connectivity index (χ2n) is 2.27. The average molecular weight is 115 g/mol. The molecule has 0 saturated heterocycles. The van der Waals surface area contributed by atoms with E-state index in [0.717, 1.165) is 0 Å². The van der Waals surface area contributed by atoms with Gasteiger partial charge in [0.05, 0.1) is 11.5 Å². The summed E-state index contributed by atoms with van der Waals surface area (Å²) in [6.07, 6.45) is 0. The van der Waals surface area contributed by atoms with Gasteiger partial charge >= 0.3 is 0 Å². The van der Waals surface area contributed by atoms with Crippen molar-refractivity contribution in [3.8, 4) is 6.07 Å². The van der Waals surface area contributed by atoms with Crippen molar-refractivity contribution in [1.29, 1.82) is 5.26 Å². The summed E-state index contributed by atoms with van der Waals surface area (Å²) in [5.74, 6) is 0. The topological polar surface area (TPSA) is 53.2 Å². The van der Waals surface area contributed by atoms with Crippen molar-refractivity contribution in [2.45, 2.75) is 13.8 Å². The van der Waals surface area contributed by atoms with E-state index in [1.165, 1.54) is 0 Å². The Labute approximate surface area is 48.4 Å². The SMILES string of the molecule is CC(C)(C#N)COO. The largest absolute Gasteiger partial charge is 0.252 e. The molecule has 3 heteroatoms. The summed E-state index contributed by atoms with van der Waals surface area (Å²) in [7, 11) is 0. The zero-order valence-corrected chi connectivity index (χ0v) is 5.01. The molecule has 8 heavy (non-hydrogen) atoms. The highest BCUT2D eigenvalue weighted by Crippen LogP contribution is 2.11. The standard InChI is InChI=1S/C5H9NO2/c1-5(2,3-6)4-8-7/h7H,4H2,1-2H3. The van der Waals surface area contributed by atoms with Gasteiger partial charge in [-0.05, 0) is 13.8 Å². The fraction of sp³-hybridized carbons (Fsp3) is 0.800. The van der Waals surface area contributed by atoms with E-state index in [1.54, 1.807) is 13.8 Å². The second kappa shape index (κ2) is 2.65. The highest BCUT2D eigenvalue weighted by atomic mass is 17.1. The molecule has 0 amide bonds. The molecule has 0 saturated carbocycles. The first-order valence-electron chi connectivity index (χ1n) is 2.30. The molecule has 0 aliphatic rings. The molecule has 46 valence electrons. The van der Waals surface area contributed by atoms with Crippen LogP contribution in [0.5, 0.6) is 0 Å². The van der Waals surface area contributed by atoms with E-state index in [-0.39, 0.29) is 6.61 Å². The summed E-state index contributed by atoms with van der Waals surface area (Å²) in [6.45, 7) is 3.43. The highest BCUT2D eigenvalue weighted by molar-refractivity contribution is 4.90. The molecule has 0 heterocycles. The zero-order chi connectivity index (χ0) is 6.62. The van der Waals surface area contributed by atoms with Gasteiger partial charge in [-0.2, -0.15) is 5.26 Å². The van der Waals surface area contributed by atoms with Crippen LogP contribution in [0.15, 0.2) is 0 Å². The molecule has 0 aromatic rings. The van der Waals surface area contributed by atoms with Crippen molar-refractivity contribution in [3.05, 3.63) is 0 Å². The molecule has 0 rings (SSSR count). The predicted octanol–water partition coefficient (Wildman–Crippen LogP) is 1.03. The normalized spacial score (nSPS) is 10.8. The summed E-state index contributed by atoms with van der Waals surface area (Å²) in [4.78, 5) is 3.78. The second-order valence-corrected chi connectivity index (χ2v) is 2.27. The van der Waals surface area contributed by atoms with Gasteiger partial charge in [0.25, 0.3) is 0 Å². The van der Waals surface area contributed by atoms with Gasteiger partial charge in [0, 0.05) is 0 Å². The molecule has 0 aliphatic heterocycles. The lowest BCUT2D eigenvalue weighted by atomic mass is 9.98. The van der Waals surface area contributed by atoms with Gasteiger partial charge < -0.3 is 0 Å². The number of nitrogens with zero attached hydrogens (tertiary/aromatic N) is 1. The summed E-state index contributed by atoms with van der Waals surface area (Å²) in [5, 5.41) is 16.2. The van der Waals surface area contributed by atoms with Gasteiger partial charge in [0.2, 0.25) is 0 Å². The molecule has 0 atom stereocenters. The van der Waals surface area contributed by atoms with E-state index in [1.807, 2.05) is 6.07 Å². The Bertz CT molecular complexity index is 103. The van der Waals surface area contributed by atoms with Crippen molar-refractivity contribution < 1.29 is 10.1 Å². The first-order chi connectivity index (χ1) is 3.62. The lowest BCUT2D eigenvalue weighted by molar-refractivity contribution is -0.254. The quantitative estimate of drug-likeness (QED) is 0.432. The van der Waals surface area contributed by atoms with Crippen LogP contribution in [0.3, 0.4) is 0 Å². The number of nitriles is 1. The molecule has 0 bridgehead atoms. The zero-order valence-electron chi connectivity index (χ0n) is 5.01. The van der Waals surface area contributed by atoms with Crippen molar-refractivity contribution in [2.75, 3.05) is 6.61 Å². The maximum absolute atomic E-state index is 8.28. The van der Waals surface area contributed by atoms with Gasteiger partial charge in [0.15, 0.2) is 0 Å². The predicted molar refractivity (Wildman–Crippen MR) is 28.0 cm³/mol. The van der Waals surface area contributed by atoms with Crippen LogP contribution < -0.4 is 0 Å². The molecular weight excluding hydrogens is 106 g/mol. The Morgan fingerprint density at radius 3 is 2.38 bits per heavy atom. The third kappa shape index (κ3) is 2.56. The molecule has 0 unspecified atom stereocenters. The minimum atomic E-state index is -0.575. The number of hydrogen-bond acceptors (Lipinski definition) is 3. The van der Waals surface area contributed by atoms with Crippen molar-refractivity contribution >= 4 is 0 Å². The van der Waals surface area contributed by atoms with Gasteiger partial charge in [-0.25, -0.2) is 4.89 Å². The van der Waals surface area contributed by atoms with Crippen LogP contribution in [0.4, 0.5) is 0 Å². The van der Waals surface area contributed by atoms with E-state index in [0.29, 0.717) is 0 Å². The third-order valence-corrected chi connectivity index (χ3v) is 0.728. The van der Waals surface area contributed by atoms with Gasteiger partial charge in [-0.15, -0.1) is 0 Å². The van der Waals surface area contributed by atoms with E-state index in [4.69, 9.17) is 10.5 Å². The smallest absolute Gasteiger partial charge is 0.100 e. The van der Waals surface area contributed by atoms with Crippen LogP contribution in [0.1, 0.15) is 13.8 Å². The molecule has 0 aromatic carbocycles. The van der Waals surface area contributed by atoms with E-state index in [9.17, 15) is 0 Å². The highest BCUT2D eigenvalue weighted by Gasteiger charge is 2.15. The average Bonchev–Trinajstić information content (AvgIpc) is 1.67. The maximum atomic E-state index is 8.28. The van der Waals surface area contributed by atoms with Crippen molar-refractivity contribution in [3.63, 3.8) is 0 Å². The Morgan fingerprint density at radius 1 is 1.75 bits per heavy atom. The Morgan fingerprint density at radius 2 is 2.25 bits per heavy atom. The van der Waals surface area contributed by atoms with Crippen LogP contribution in [0, 0.1) is 16.7 Å². The molecule has 0 fully saturated rings. The molecule has 1 N–H and O–H groups in total. The van der Waals surface area contributed by atoms with Crippen molar-refractivity contribution in [2.24, 2.45) is 5.41 Å². The van der Waals surface area contributed by atoms with Crippen LogP contribution in [-0.4, -0.2) is 11.9 Å².